The second-order valence-electron chi connectivity index (χ2n) is 9.56. The van der Waals surface area contributed by atoms with E-state index in [9.17, 15) is 19.5 Å². The number of carbonyl (C=O) groups is 3. The summed E-state index contributed by atoms with van der Waals surface area (Å²) in [6, 6.07) is 4.98. The summed E-state index contributed by atoms with van der Waals surface area (Å²) in [5.41, 5.74) is 1.14. The van der Waals surface area contributed by atoms with Crippen molar-refractivity contribution in [3.63, 3.8) is 0 Å². The van der Waals surface area contributed by atoms with Crippen LogP contribution in [-0.2, 0) is 26.3 Å². The highest BCUT2D eigenvalue weighted by Crippen LogP contribution is 2.54. The molecule has 3 aliphatic heterocycles. The Kier molecular flexibility index (Phi) is 4.94. The van der Waals surface area contributed by atoms with Crippen LogP contribution < -0.4 is 10.6 Å². The molecular weight excluding hydrogens is 394 g/mol. The first-order valence-corrected chi connectivity index (χ1v) is 11.7. The molecular formula is C24H31N3O4. The van der Waals surface area contributed by atoms with Crippen LogP contribution >= 0.6 is 0 Å². The average Bonchev–Trinajstić information content (AvgIpc) is 3.23. The fourth-order valence-electron chi connectivity index (χ4n) is 6.43. The Morgan fingerprint density at radius 1 is 1.13 bits per heavy atom. The van der Waals surface area contributed by atoms with Crippen molar-refractivity contribution in [2.24, 2.45) is 11.8 Å². The van der Waals surface area contributed by atoms with Gasteiger partial charge in [0.25, 0.3) is 0 Å². The molecule has 0 radical (unpaired) electrons. The second kappa shape index (κ2) is 7.41. The van der Waals surface area contributed by atoms with E-state index < -0.39 is 29.5 Å². The van der Waals surface area contributed by atoms with Gasteiger partial charge in [0, 0.05) is 23.3 Å². The highest BCUT2D eigenvalue weighted by Gasteiger charge is 2.71. The molecule has 1 aliphatic carbocycles. The molecule has 166 valence electrons. The van der Waals surface area contributed by atoms with E-state index >= 15 is 0 Å². The molecule has 3 N–H and O–H groups in total. The minimum Gasteiger partial charge on any atom is -0.392 e. The normalized spacial score (nSPS) is 34.1. The van der Waals surface area contributed by atoms with E-state index in [0.29, 0.717) is 0 Å². The van der Waals surface area contributed by atoms with Crippen molar-refractivity contribution < 1.29 is 19.5 Å². The number of para-hydroxylation sites is 1. The molecule has 7 heteroatoms. The number of anilines is 1. The molecule has 1 spiro atoms. The van der Waals surface area contributed by atoms with Gasteiger partial charge in [0.15, 0.2) is 0 Å². The molecule has 3 heterocycles. The topological polar surface area (TPSA) is 98.7 Å². The molecule has 5 rings (SSSR count). The number of benzene rings is 1. The first-order valence-electron chi connectivity index (χ1n) is 11.7. The minimum atomic E-state index is -1.32. The van der Waals surface area contributed by atoms with Gasteiger partial charge in [-0.2, -0.15) is 0 Å². The van der Waals surface area contributed by atoms with Gasteiger partial charge in [-0.15, -0.1) is 0 Å². The van der Waals surface area contributed by atoms with Crippen LogP contribution in [0.4, 0.5) is 5.69 Å². The number of aliphatic hydroxyl groups is 1. The lowest BCUT2D eigenvalue weighted by Crippen LogP contribution is -2.55. The van der Waals surface area contributed by atoms with Crippen LogP contribution in [0.3, 0.4) is 0 Å². The minimum absolute atomic E-state index is 0.106. The Hall–Kier alpha value is -2.25. The second-order valence-corrected chi connectivity index (χ2v) is 9.56. The van der Waals surface area contributed by atoms with Crippen molar-refractivity contribution in [2.75, 3.05) is 5.32 Å². The molecule has 5 atom stereocenters. The summed E-state index contributed by atoms with van der Waals surface area (Å²) in [6.07, 6.45) is 5.76. The van der Waals surface area contributed by atoms with Gasteiger partial charge in [0.2, 0.25) is 17.7 Å². The highest BCUT2D eigenvalue weighted by atomic mass is 16.3. The molecule has 1 saturated carbocycles. The predicted octanol–water partition coefficient (Wildman–Crippen LogP) is 2.07. The molecule has 31 heavy (non-hydrogen) atoms. The molecule has 3 fully saturated rings. The lowest BCUT2D eigenvalue weighted by atomic mass is 9.76. The van der Waals surface area contributed by atoms with Crippen LogP contribution in [0.1, 0.15) is 63.5 Å². The van der Waals surface area contributed by atoms with Gasteiger partial charge in [0.1, 0.15) is 5.54 Å². The highest BCUT2D eigenvalue weighted by molar-refractivity contribution is 6.15. The summed E-state index contributed by atoms with van der Waals surface area (Å²) in [7, 11) is 0. The third kappa shape index (κ3) is 2.75. The molecule has 1 aromatic rings. The number of rotatable bonds is 3. The van der Waals surface area contributed by atoms with Gasteiger partial charge in [-0.05, 0) is 31.7 Å². The molecule has 7 nitrogen and oxygen atoms in total. The zero-order chi connectivity index (χ0) is 21.9. The summed E-state index contributed by atoms with van der Waals surface area (Å²) in [5.74, 6) is -2.37. The number of likely N-dealkylation sites (tertiary alicyclic amines) is 1. The summed E-state index contributed by atoms with van der Waals surface area (Å²) in [6.45, 7) is 3.64. The number of fused-ring (bicyclic) bond motifs is 4. The molecule has 0 unspecified atom stereocenters. The maximum Gasteiger partial charge on any atom is 0.250 e. The largest absolute Gasteiger partial charge is 0.392 e. The standard InChI is InChI=1S/C24H31N3O4/c1-3-14-9-8-12-16-20(14)25-23(31)24(16)18-17(19(26-24)13(2)28)21(29)27(22(18)30)15-10-6-4-5-7-11-15/h8-9,12-13,15,17-19,26,28H,3-7,10-11H2,1-2H3,(H,25,31)/t13-,17-,18-,19-,24-/m0/s1. The molecule has 1 aromatic carbocycles. The lowest BCUT2D eigenvalue weighted by Gasteiger charge is -2.32. The molecule has 0 bridgehead atoms. The first kappa shape index (κ1) is 20.6. The predicted molar refractivity (Wildman–Crippen MR) is 115 cm³/mol. The quantitative estimate of drug-likeness (QED) is 0.509. The number of hydrogen-bond acceptors (Lipinski definition) is 5. The Morgan fingerprint density at radius 2 is 1.84 bits per heavy atom. The van der Waals surface area contributed by atoms with Crippen LogP contribution in [0, 0.1) is 11.8 Å². The van der Waals surface area contributed by atoms with Gasteiger partial charge >= 0.3 is 0 Å². The van der Waals surface area contributed by atoms with E-state index in [4.69, 9.17) is 0 Å². The smallest absolute Gasteiger partial charge is 0.250 e. The summed E-state index contributed by atoms with van der Waals surface area (Å²) in [4.78, 5) is 42.4. The SMILES string of the molecule is CCc1cccc2c1NC(=O)[C@]21N[C@@H]([C@H](C)O)[C@H]2C(=O)N(C3CCCCCC3)C(=O)[C@H]21. The maximum absolute atomic E-state index is 13.9. The van der Waals surface area contributed by atoms with Crippen molar-refractivity contribution in [3.8, 4) is 0 Å². The number of amides is 3. The number of aliphatic hydroxyl groups excluding tert-OH is 1. The fraction of sp³-hybridized carbons (Fsp3) is 0.625. The van der Waals surface area contributed by atoms with Crippen molar-refractivity contribution in [1.82, 2.24) is 10.2 Å². The van der Waals surface area contributed by atoms with Crippen molar-refractivity contribution in [2.45, 2.75) is 82.5 Å². The van der Waals surface area contributed by atoms with Gasteiger partial charge in [-0.25, -0.2) is 0 Å². The molecule has 4 aliphatic rings. The van der Waals surface area contributed by atoms with E-state index in [2.05, 4.69) is 10.6 Å². The lowest BCUT2D eigenvalue weighted by molar-refractivity contribution is -0.146. The molecule has 3 amide bonds. The van der Waals surface area contributed by atoms with Gasteiger partial charge in [-0.3, -0.25) is 24.6 Å². The van der Waals surface area contributed by atoms with Crippen LogP contribution in [0.5, 0.6) is 0 Å². The summed E-state index contributed by atoms with van der Waals surface area (Å²) in [5, 5.41) is 16.8. The molecule has 0 aromatic heterocycles. The van der Waals surface area contributed by atoms with E-state index in [0.717, 1.165) is 61.8 Å². The third-order valence-electron chi connectivity index (χ3n) is 7.90. The molecule has 2 saturated heterocycles. The Morgan fingerprint density at radius 3 is 2.48 bits per heavy atom. The van der Waals surface area contributed by atoms with Gasteiger partial charge in [-0.1, -0.05) is 50.8 Å². The Bertz CT molecular complexity index is 937. The van der Waals surface area contributed by atoms with Gasteiger partial charge < -0.3 is 10.4 Å². The number of nitrogens with zero attached hydrogens (tertiary/aromatic N) is 1. The summed E-state index contributed by atoms with van der Waals surface area (Å²) >= 11 is 0. The summed E-state index contributed by atoms with van der Waals surface area (Å²) < 4.78 is 0. The number of nitrogens with one attached hydrogen (secondary N) is 2. The number of aryl methyl sites for hydroxylation is 1. The zero-order valence-corrected chi connectivity index (χ0v) is 18.2. The van der Waals surface area contributed by atoms with E-state index in [1.165, 1.54) is 4.90 Å². The van der Waals surface area contributed by atoms with Crippen LogP contribution in [-0.4, -0.2) is 45.9 Å². The third-order valence-corrected chi connectivity index (χ3v) is 7.90. The fourth-order valence-corrected chi connectivity index (χ4v) is 6.43. The average molecular weight is 426 g/mol. The maximum atomic E-state index is 13.9. The number of hydrogen-bond donors (Lipinski definition) is 3. The van der Waals surface area contributed by atoms with E-state index in [-0.39, 0.29) is 23.8 Å². The van der Waals surface area contributed by atoms with Crippen molar-refractivity contribution in [1.29, 1.82) is 0 Å². The van der Waals surface area contributed by atoms with Crippen LogP contribution in [0.15, 0.2) is 18.2 Å². The Labute approximate surface area is 182 Å². The van der Waals surface area contributed by atoms with Gasteiger partial charge in [0.05, 0.1) is 17.9 Å². The first-order chi connectivity index (χ1) is 14.9. The van der Waals surface area contributed by atoms with E-state index in [1.54, 1.807) is 6.92 Å². The van der Waals surface area contributed by atoms with Crippen LogP contribution in [0.25, 0.3) is 0 Å². The zero-order valence-electron chi connectivity index (χ0n) is 18.2. The van der Waals surface area contributed by atoms with E-state index in [1.807, 2.05) is 25.1 Å². The van der Waals surface area contributed by atoms with Crippen molar-refractivity contribution in [3.05, 3.63) is 29.3 Å². The number of imide groups is 1. The number of carbonyl (C=O) groups excluding carboxylic acids is 3. The van der Waals surface area contributed by atoms with Crippen LogP contribution in [0.2, 0.25) is 0 Å². The monoisotopic (exact) mass is 425 g/mol. The Balaban J connectivity index is 1.63. The van der Waals surface area contributed by atoms with Crippen molar-refractivity contribution >= 4 is 23.4 Å².